The van der Waals surface area contributed by atoms with Crippen molar-refractivity contribution in [1.82, 2.24) is 0 Å². The largest absolute Gasteiger partial charge is 0.492 e. The van der Waals surface area contributed by atoms with Crippen LogP contribution in [0.15, 0.2) is 18.2 Å². The zero-order valence-electron chi connectivity index (χ0n) is 8.31. The van der Waals surface area contributed by atoms with Crippen LogP contribution in [-0.2, 0) is 0 Å². The maximum Gasteiger partial charge on any atom is 0.137 e. The van der Waals surface area contributed by atoms with E-state index < -0.39 is 0 Å². The molecule has 0 aliphatic carbocycles. The number of rotatable bonds is 6. The van der Waals surface area contributed by atoms with E-state index in [0.29, 0.717) is 28.3 Å². The molecule has 1 rings (SSSR count). The summed E-state index contributed by atoms with van der Waals surface area (Å²) in [6.45, 7) is 0.665. The lowest BCUT2D eigenvalue weighted by Crippen LogP contribution is -1.97. The topological polar surface area (TPSA) is 9.23 Å². The maximum atomic E-state index is 5.94. The van der Waals surface area contributed by atoms with E-state index in [9.17, 15) is 0 Å². The Morgan fingerprint density at radius 1 is 1.07 bits per heavy atom. The van der Waals surface area contributed by atoms with Crippen LogP contribution in [0.25, 0.3) is 0 Å². The van der Waals surface area contributed by atoms with Crippen molar-refractivity contribution in [3.05, 3.63) is 28.2 Å². The minimum Gasteiger partial charge on any atom is -0.492 e. The number of hydrogen-bond acceptors (Lipinski definition) is 1. The lowest BCUT2D eigenvalue weighted by atomic mass is 10.3. The maximum absolute atomic E-state index is 5.94. The molecule has 0 amide bonds. The van der Waals surface area contributed by atoms with Crippen molar-refractivity contribution in [3.63, 3.8) is 0 Å². The molecule has 0 saturated heterocycles. The Morgan fingerprint density at radius 2 is 1.87 bits per heavy atom. The van der Waals surface area contributed by atoms with Crippen LogP contribution < -0.4 is 4.74 Å². The van der Waals surface area contributed by atoms with Gasteiger partial charge in [0.05, 0.1) is 11.6 Å². The van der Waals surface area contributed by atoms with Crippen LogP contribution in [0.2, 0.25) is 10.0 Å². The first kappa shape index (κ1) is 13.0. The third-order valence-electron chi connectivity index (χ3n) is 1.93. The summed E-state index contributed by atoms with van der Waals surface area (Å²) in [6.07, 6.45) is 3.10. The molecule has 0 saturated carbocycles. The smallest absolute Gasteiger partial charge is 0.137 e. The van der Waals surface area contributed by atoms with Crippen LogP contribution >= 0.6 is 34.8 Å². The molecule has 0 fully saturated rings. The highest BCUT2D eigenvalue weighted by atomic mass is 35.5. The first-order valence-corrected chi connectivity index (χ1v) is 6.17. The summed E-state index contributed by atoms with van der Waals surface area (Å²) >= 11 is 17.3. The van der Waals surface area contributed by atoms with Crippen molar-refractivity contribution in [2.75, 3.05) is 12.5 Å². The van der Waals surface area contributed by atoms with Gasteiger partial charge in [-0.3, -0.25) is 0 Å². The third kappa shape index (κ3) is 4.96. The quantitative estimate of drug-likeness (QED) is 0.532. The molecule has 0 unspecified atom stereocenters. The van der Waals surface area contributed by atoms with Crippen molar-refractivity contribution in [2.45, 2.75) is 19.3 Å². The second kappa shape index (κ2) is 7.21. The SMILES string of the molecule is ClCCCCCOc1ccc(Cl)cc1Cl. The number of ether oxygens (including phenoxy) is 1. The molecule has 0 spiro atoms. The van der Waals surface area contributed by atoms with Gasteiger partial charge in [-0.1, -0.05) is 23.2 Å². The number of halogens is 3. The fourth-order valence-corrected chi connectivity index (χ4v) is 1.80. The zero-order chi connectivity index (χ0) is 11.1. The van der Waals surface area contributed by atoms with Gasteiger partial charge in [0, 0.05) is 10.9 Å². The molecular formula is C11H13Cl3O. The fourth-order valence-electron chi connectivity index (χ4n) is 1.15. The molecule has 0 bridgehead atoms. The molecule has 0 radical (unpaired) electrons. The average molecular weight is 268 g/mol. The highest BCUT2D eigenvalue weighted by molar-refractivity contribution is 6.35. The van der Waals surface area contributed by atoms with Crippen LogP contribution in [0.3, 0.4) is 0 Å². The van der Waals surface area contributed by atoms with Gasteiger partial charge in [-0.05, 0) is 37.5 Å². The molecule has 0 aromatic heterocycles. The Hall–Kier alpha value is -0.110. The van der Waals surface area contributed by atoms with Crippen LogP contribution in [-0.4, -0.2) is 12.5 Å². The zero-order valence-corrected chi connectivity index (χ0v) is 10.6. The van der Waals surface area contributed by atoms with E-state index in [0.717, 1.165) is 19.3 Å². The molecule has 0 aliphatic rings. The molecule has 0 heterocycles. The molecular weight excluding hydrogens is 254 g/mol. The summed E-state index contributed by atoms with van der Waals surface area (Å²) in [4.78, 5) is 0. The number of hydrogen-bond donors (Lipinski definition) is 0. The highest BCUT2D eigenvalue weighted by Crippen LogP contribution is 2.27. The van der Waals surface area contributed by atoms with Crippen LogP contribution in [0, 0.1) is 0 Å². The molecule has 1 aromatic rings. The summed E-state index contributed by atoms with van der Waals surface area (Å²) in [5.74, 6) is 1.40. The minimum absolute atomic E-state index is 0.555. The van der Waals surface area contributed by atoms with E-state index in [1.807, 2.05) is 0 Å². The van der Waals surface area contributed by atoms with Crippen molar-refractivity contribution in [1.29, 1.82) is 0 Å². The van der Waals surface area contributed by atoms with Crippen molar-refractivity contribution < 1.29 is 4.74 Å². The Balaban J connectivity index is 2.31. The van der Waals surface area contributed by atoms with Gasteiger partial charge < -0.3 is 4.74 Å². The van der Waals surface area contributed by atoms with E-state index in [2.05, 4.69) is 0 Å². The summed E-state index contributed by atoms with van der Waals surface area (Å²) in [7, 11) is 0. The average Bonchev–Trinajstić information content (AvgIpc) is 2.20. The van der Waals surface area contributed by atoms with Gasteiger partial charge in [0.2, 0.25) is 0 Å². The predicted molar refractivity (Wildman–Crippen MR) is 66.5 cm³/mol. The molecule has 4 heteroatoms. The Bertz CT molecular complexity index is 302. The Labute approximate surface area is 105 Å². The van der Waals surface area contributed by atoms with Crippen molar-refractivity contribution >= 4 is 34.8 Å². The second-order valence-electron chi connectivity index (χ2n) is 3.17. The second-order valence-corrected chi connectivity index (χ2v) is 4.39. The number of unbranched alkanes of at least 4 members (excludes halogenated alkanes) is 2. The van der Waals surface area contributed by atoms with E-state index >= 15 is 0 Å². The van der Waals surface area contributed by atoms with E-state index in [1.165, 1.54) is 0 Å². The van der Waals surface area contributed by atoms with Gasteiger partial charge in [0.15, 0.2) is 0 Å². The first-order chi connectivity index (χ1) is 7.24. The van der Waals surface area contributed by atoms with Crippen molar-refractivity contribution in [3.8, 4) is 5.75 Å². The van der Waals surface area contributed by atoms with Crippen LogP contribution in [0.1, 0.15) is 19.3 Å². The third-order valence-corrected chi connectivity index (χ3v) is 2.73. The van der Waals surface area contributed by atoms with Gasteiger partial charge in [-0.2, -0.15) is 0 Å². The standard InChI is InChI=1S/C11H13Cl3O/c12-6-2-1-3-7-15-11-5-4-9(13)8-10(11)14/h4-5,8H,1-3,6-7H2. The molecule has 84 valence electrons. The number of benzene rings is 1. The molecule has 1 nitrogen and oxygen atoms in total. The lowest BCUT2D eigenvalue weighted by molar-refractivity contribution is 0.306. The molecule has 15 heavy (non-hydrogen) atoms. The normalized spacial score (nSPS) is 10.3. The Kier molecular flexibility index (Phi) is 6.23. The van der Waals surface area contributed by atoms with E-state index in [1.54, 1.807) is 18.2 Å². The van der Waals surface area contributed by atoms with Gasteiger partial charge >= 0.3 is 0 Å². The van der Waals surface area contributed by atoms with E-state index in [-0.39, 0.29) is 0 Å². The number of alkyl halides is 1. The molecule has 0 aliphatic heterocycles. The predicted octanol–water partition coefficient (Wildman–Crippen LogP) is 4.78. The summed E-state index contributed by atoms with van der Waals surface area (Å²) in [6, 6.07) is 5.23. The lowest BCUT2D eigenvalue weighted by Gasteiger charge is -2.07. The fraction of sp³-hybridized carbons (Fsp3) is 0.455. The Morgan fingerprint density at radius 3 is 2.53 bits per heavy atom. The van der Waals surface area contributed by atoms with Gasteiger partial charge in [0.25, 0.3) is 0 Å². The van der Waals surface area contributed by atoms with Gasteiger partial charge in [-0.15, -0.1) is 11.6 Å². The summed E-state index contributed by atoms with van der Waals surface area (Å²) in [5.41, 5.74) is 0. The van der Waals surface area contributed by atoms with Crippen LogP contribution in [0.5, 0.6) is 5.75 Å². The molecule has 0 atom stereocenters. The van der Waals surface area contributed by atoms with Gasteiger partial charge in [-0.25, -0.2) is 0 Å². The first-order valence-electron chi connectivity index (χ1n) is 4.88. The molecule has 0 N–H and O–H groups in total. The summed E-state index contributed by atoms with van der Waals surface area (Å²) < 4.78 is 5.50. The van der Waals surface area contributed by atoms with Crippen LogP contribution in [0.4, 0.5) is 0 Å². The van der Waals surface area contributed by atoms with E-state index in [4.69, 9.17) is 39.5 Å². The minimum atomic E-state index is 0.555. The molecule has 1 aromatic carbocycles. The summed E-state index contributed by atoms with van der Waals surface area (Å²) in [5, 5.41) is 1.18. The monoisotopic (exact) mass is 266 g/mol. The highest BCUT2D eigenvalue weighted by Gasteiger charge is 2.01. The van der Waals surface area contributed by atoms with Gasteiger partial charge in [0.1, 0.15) is 5.75 Å². The van der Waals surface area contributed by atoms with Crippen molar-refractivity contribution in [2.24, 2.45) is 0 Å².